The minimum absolute atomic E-state index is 0.0426. The molecule has 1 aromatic carbocycles. The second-order valence-corrected chi connectivity index (χ2v) is 8.92. The molecule has 1 fully saturated rings. The van der Waals surface area contributed by atoms with E-state index in [0.717, 1.165) is 29.2 Å². The Balaban J connectivity index is 1.92. The highest BCUT2D eigenvalue weighted by molar-refractivity contribution is 7.92. The van der Waals surface area contributed by atoms with E-state index in [0.29, 0.717) is 24.7 Å². The van der Waals surface area contributed by atoms with Crippen LogP contribution < -0.4 is 4.90 Å². The number of hydrogen-bond donors (Lipinski definition) is 0. The number of nitro groups is 1. The third kappa shape index (κ3) is 3.80. The van der Waals surface area contributed by atoms with E-state index in [9.17, 15) is 22.9 Å². The molecule has 25 heavy (non-hydrogen) atoms. The summed E-state index contributed by atoms with van der Waals surface area (Å²) in [5, 5.41) is 11.6. The van der Waals surface area contributed by atoms with Gasteiger partial charge in [-0.25, -0.2) is 12.8 Å². The first-order chi connectivity index (χ1) is 11.8. The molecule has 1 saturated heterocycles. The molecule has 134 valence electrons. The van der Waals surface area contributed by atoms with Crippen molar-refractivity contribution in [3.63, 3.8) is 0 Å². The lowest BCUT2D eigenvalue weighted by Crippen LogP contribution is -2.38. The van der Waals surface area contributed by atoms with Crippen LogP contribution >= 0.6 is 11.3 Å². The minimum Gasteiger partial charge on any atom is -0.370 e. The fourth-order valence-corrected chi connectivity index (χ4v) is 4.67. The topological polar surface area (TPSA) is 89.8 Å². The Kier molecular flexibility index (Phi) is 4.76. The third-order valence-electron chi connectivity index (χ3n) is 3.83. The van der Waals surface area contributed by atoms with Crippen LogP contribution in [0.3, 0.4) is 0 Å². The predicted molar refractivity (Wildman–Crippen MR) is 91.4 cm³/mol. The Labute approximate surface area is 147 Å². The van der Waals surface area contributed by atoms with Gasteiger partial charge in [-0.2, -0.15) is 0 Å². The molecule has 1 aliphatic rings. The average Bonchev–Trinajstić information content (AvgIpc) is 3.01. The van der Waals surface area contributed by atoms with Gasteiger partial charge in [0.15, 0.2) is 14.8 Å². The van der Waals surface area contributed by atoms with Crippen molar-refractivity contribution in [3.05, 3.63) is 51.8 Å². The number of ether oxygens (including phenoxy) is 1. The lowest BCUT2D eigenvalue weighted by Gasteiger charge is -2.33. The summed E-state index contributed by atoms with van der Waals surface area (Å²) in [5.74, 6) is -0.358. The van der Waals surface area contributed by atoms with Gasteiger partial charge in [0.1, 0.15) is 16.1 Å². The van der Waals surface area contributed by atoms with E-state index in [2.05, 4.69) is 0 Å². The Morgan fingerprint density at radius 2 is 2.04 bits per heavy atom. The van der Waals surface area contributed by atoms with Gasteiger partial charge in [-0.15, -0.1) is 0 Å². The van der Waals surface area contributed by atoms with Crippen LogP contribution in [-0.4, -0.2) is 39.3 Å². The smallest absolute Gasteiger partial charge is 0.305 e. The van der Waals surface area contributed by atoms with Gasteiger partial charge in [0.25, 0.3) is 0 Å². The fraction of sp³-hybridized carbons (Fsp3) is 0.333. The minimum atomic E-state index is -3.53. The van der Waals surface area contributed by atoms with Gasteiger partial charge >= 0.3 is 5.69 Å². The number of sulfone groups is 1. The summed E-state index contributed by atoms with van der Waals surface area (Å²) in [7, 11) is -3.53. The molecule has 7 nitrogen and oxygen atoms in total. The fourth-order valence-electron chi connectivity index (χ4n) is 2.60. The van der Waals surface area contributed by atoms with E-state index in [1.807, 2.05) is 0 Å². The zero-order valence-corrected chi connectivity index (χ0v) is 14.8. The van der Waals surface area contributed by atoms with Crippen LogP contribution in [0.1, 0.15) is 11.7 Å². The van der Waals surface area contributed by atoms with Gasteiger partial charge in [0, 0.05) is 25.4 Å². The average molecular weight is 386 g/mol. The molecule has 0 aliphatic carbocycles. The van der Waals surface area contributed by atoms with Crippen molar-refractivity contribution in [2.75, 3.05) is 30.9 Å². The van der Waals surface area contributed by atoms with Gasteiger partial charge in [0.2, 0.25) is 0 Å². The van der Waals surface area contributed by atoms with Gasteiger partial charge in [-0.05, 0) is 17.7 Å². The zero-order valence-electron chi connectivity index (χ0n) is 13.2. The van der Waals surface area contributed by atoms with Gasteiger partial charge in [-0.1, -0.05) is 23.5 Å². The molecule has 0 radical (unpaired) electrons. The Bertz CT molecular complexity index is 895. The lowest BCUT2D eigenvalue weighted by molar-refractivity contribution is -0.383. The van der Waals surface area contributed by atoms with Crippen molar-refractivity contribution in [3.8, 4) is 0 Å². The summed E-state index contributed by atoms with van der Waals surface area (Å²) in [6.45, 7) is 1.05. The van der Waals surface area contributed by atoms with E-state index >= 15 is 0 Å². The van der Waals surface area contributed by atoms with E-state index in [1.165, 1.54) is 12.1 Å². The standard InChI is InChI=1S/C15H15FN2O5S2/c1-25(21,22)14-8-12(18(19)20)15(24-14)17-6-7-23-13(9-17)10-2-4-11(16)5-3-10/h2-5,8,13H,6-7,9H2,1H3. The molecular formula is C15H15FN2O5S2. The predicted octanol–water partition coefficient (Wildman–Crippen LogP) is 2.78. The number of hydrogen-bond acceptors (Lipinski definition) is 7. The highest BCUT2D eigenvalue weighted by Gasteiger charge is 2.31. The maximum Gasteiger partial charge on any atom is 0.305 e. The number of benzene rings is 1. The van der Waals surface area contributed by atoms with Crippen LogP contribution in [-0.2, 0) is 14.6 Å². The number of halogens is 1. The highest BCUT2D eigenvalue weighted by Crippen LogP contribution is 2.41. The molecule has 2 heterocycles. The van der Waals surface area contributed by atoms with Crippen molar-refractivity contribution in [2.24, 2.45) is 0 Å². The second kappa shape index (κ2) is 6.70. The van der Waals surface area contributed by atoms with E-state index in [-0.39, 0.29) is 21.8 Å². The Hall–Kier alpha value is -2.04. The summed E-state index contributed by atoms with van der Waals surface area (Å²) in [4.78, 5) is 12.5. The summed E-state index contributed by atoms with van der Waals surface area (Å²) >= 11 is 0.882. The quantitative estimate of drug-likeness (QED) is 0.593. The maximum atomic E-state index is 13.1. The lowest BCUT2D eigenvalue weighted by atomic mass is 10.1. The SMILES string of the molecule is CS(=O)(=O)c1cc([N+](=O)[O-])c(N2CCOC(c3ccc(F)cc3)C2)s1. The summed E-state index contributed by atoms with van der Waals surface area (Å²) in [5.41, 5.74) is 0.527. The summed E-state index contributed by atoms with van der Waals surface area (Å²) in [6, 6.07) is 6.96. The number of rotatable bonds is 4. The normalized spacial score (nSPS) is 18.3. The monoisotopic (exact) mass is 386 g/mol. The molecule has 0 saturated carbocycles. The van der Waals surface area contributed by atoms with Crippen molar-refractivity contribution < 1.29 is 22.5 Å². The zero-order chi connectivity index (χ0) is 18.2. The number of morpholine rings is 1. The van der Waals surface area contributed by atoms with Crippen molar-refractivity contribution in [1.29, 1.82) is 0 Å². The maximum absolute atomic E-state index is 13.1. The third-order valence-corrected chi connectivity index (χ3v) is 6.82. The molecule has 1 aromatic heterocycles. The first kappa shape index (κ1) is 17.8. The van der Waals surface area contributed by atoms with Crippen molar-refractivity contribution >= 4 is 31.9 Å². The second-order valence-electron chi connectivity index (χ2n) is 5.64. The molecule has 0 bridgehead atoms. The molecule has 0 N–H and O–H groups in total. The van der Waals surface area contributed by atoms with Crippen LogP contribution in [0.25, 0.3) is 0 Å². The summed E-state index contributed by atoms with van der Waals surface area (Å²) < 4.78 is 42.2. The van der Waals surface area contributed by atoms with Gasteiger partial charge in [0.05, 0.1) is 11.5 Å². The van der Waals surface area contributed by atoms with Crippen molar-refractivity contribution in [1.82, 2.24) is 0 Å². The van der Waals surface area contributed by atoms with Crippen molar-refractivity contribution in [2.45, 2.75) is 10.3 Å². The molecule has 1 unspecified atom stereocenters. The van der Waals surface area contributed by atoms with Crippen LogP contribution in [0.2, 0.25) is 0 Å². The number of nitrogens with zero attached hydrogens (tertiary/aromatic N) is 2. The first-order valence-corrected chi connectivity index (χ1v) is 10.1. The molecule has 1 aliphatic heterocycles. The van der Waals surface area contributed by atoms with Gasteiger partial charge in [-0.3, -0.25) is 10.1 Å². The molecule has 1 atom stereocenters. The van der Waals surface area contributed by atoms with Crippen LogP contribution in [0.4, 0.5) is 15.1 Å². The van der Waals surface area contributed by atoms with Crippen LogP contribution in [0, 0.1) is 15.9 Å². The molecule has 2 aromatic rings. The highest BCUT2D eigenvalue weighted by atomic mass is 32.2. The number of thiophene rings is 1. The molecule has 3 rings (SSSR count). The molecule has 10 heteroatoms. The van der Waals surface area contributed by atoms with Crippen LogP contribution in [0.5, 0.6) is 0 Å². The van der Waals surface area contributed by atoms with Crippen LogP contribution in [0.15, 0.2) is 34.5 Å². The Morgan fingerprint density at radius 3 is 2.64 bits per heavy atom. The van der Waals surface area contributed by atoms with Gasteiger partial charge < -0.3 is 9.64 Å². The largest absolute Gasteiger partial charge is 0.370 e. The molecule has 0 spiro atoms. The van der Waals surface area contributed by atoms with E-state index < -0.39 is 14.8 Å². The van der Waals surface area contributed by atoms with E-state index in [1.54, 1.807) is 17.0 Å². The Morgan fingerprint density at radius 1 is 1.36 bits per heavy atom. The van der Waals surface area contributed by atoms with E-state index in [4.69, 9.17) is 4.74 Å². The number of anilines is 1. The molecule has 0 amide bonds. The first-order valence-electron chi connectivity index (χ1n) is 7.36. The summed E-state index contributed by atoms with van der Waals surface area (Å²) in [6.07, 6.45) is 0.644. The molecular weight excluding hydrogens is 371 g/mol.